The van der Waals surface area contributed by atoms with E-state index in [4.69, 9.17) is 11.6 Å². The fourth-order valence-corrected chi connectivity index (χ4v) is 5.08. The summed E-state index contributed by atoms with van der Waals surface area (Å²) < 4.78 is 2.11. The zero-order valence-electron chi connectivity index (χ0n) is 20.4. The second kappa shape index (κ2) is 9.32. The Hall–Kier alpha value is -4.68. The van der Waals surface area contributed by atoms with Crippen LogP contribution in [0.15, 0.2) is 96.7 Å². The maximum atomic E-state index is 13.5. The molecule has 1 aliphatic rings. The van der Waals surface area contributed by atoms with Gasteiger partial charge in [-0.15, -0.1) is 0 Å². The number of carbonyl (C=O) groups is 3. The molecule has 1 fully saturated rings. The molecule has 0 unspecified atom stereocenters. The Morgan fingerprint density at radius 2 is 1.61 bits per heavy atom. The maximum absolute atomic E-state index is 13.5. The van der Waals surface area contributed by atoms with E-state index in [0.29, 0.717) is 22.8 Å². The van der Waals surface area contributed by atoms with Gasteiger partial charge >= 0.3 is 6.03 Å². The third kappa shape index (κ3) is 4.05. The Morgan fingerprint density at radius 1 is 0.868 bits per heavy atom. The number of nitrogens with zero attached hydrogens (tertiary/aromatic N) is 2. The first-order valence-electron chi connectivity index (χ1n) is 12.1. The predicted molar refractivity (Wildman–Crippen MR) is 150 cm³/mol. The van der Waals surface area contributed by atoms with Crippen LogP contribution in [0.4, 0.5) is 10.5 Å². The van der Waals surface area contributed by atoms with E-state index in [0.717, 1.165) is 32.3 Å². The van der Waals surface area contributed by atoms with E-state index in [9.17, 15) is 14.4 Å². The van der Waals surface area contributed by atoms with Gasteiger partial charge in [0.05, 0.1) is 5.69 Å². The molecule has 5 aromatic rings. The highest BCUT2D eigenvalue weighted by atomic mass is 35.5. The van der Waals surface area contributed by atoms with Crippen molar-refractivity contribution in [3.05, 3.63) is 118 Å². The number of benzene rings is 4. The Morgan fingerprint density at radius 3 is 2.42 bits per heavy atom. The van der Waals surface area contributed by atoms with Crippen molar-refractivity contribution in [2.24, 2.45) is 0 Å². The van der Waals surface area contributed by atoms with Gasteiger partial charge < -0.3 is 4.57 Å². The number of halogens is 1. The van der Waals surface area contributed by atoms with Crippen LogP contribution < -0.4 is 10.2 Å². The minimum Gasteiger partial charge on any atom is -0.342 e. The number of imide groups is 2. The molecule has 0 bridgehead atoms. The second-order valence-corrected chi connectivity index (χ2v) is 9.67. The number of urea groups is 1. The Labute approximate surface area is 223 Å². The molecule has 1 aliphatic heterocycles. The summed E-state index contributed by atoms with van der Waals surface area (Å²) in [5.74, 6) is -1.44. The van der Waals surface area contributed by atoms with Crippen molar-refractivity contribution < 1.29 is 14.4 Å². The van der Waals surface area contributed by atoms with Crippen LogP contribution in [0.2, 0.25) is 5.02 Å². The van der Waals surface area contributed by atoms with E-state index >= 15 is 0 Å². The van der Waals surface area contributed by atoms with Gasteiger partial charge in [-0.2, -0.15) is 0 Å². The first-order valence-corrected chi connectivity index (χ1v) is 12.5. The summed E-state index contributed by atoms with van der Waals surface area (Å²) in [5.41, 5.74) is 3.80. The number of fused-ring (bicyclic) bond motifs is 2. The van der Waals surface area contributed by atoms with Gasteiger partial charge in [0.15, 0.2) is 0 Å². The van der Waals surface area contributed by atoms with Crippen molar-refractivity contribution in [3.63, 3.8) is 0 Å². The van der Waals surface area contributed by atoms with Gasteiger partial charge in [0.25, 0.3) is 11.8 Å². The minimum absolute atomic E-state index is 0.130. The van der Waals surface area contributed by atoms with Crippen LogP contribution in [0.3, 0.4) is 0 Å². The number of hydrogen-bond donors (Lipinski definition) is 1. The predicted octanol–water partition coefficient (Wildman–Crippen LogP) is 6.47. The topological polar surface area (TPSA) is 71.4 Å². The fourth-order valence-electron chi connectivity index (χ4n) is 4.90. The third-order valence-corrected chi connectivity index (χ3v) is 7.26. The molecule has 2 heterocycles. The molecule has 0 saturated carbocycles. The molecule has 0 aliphatic carbocycles. The van der Waals surface area contributed by atoms with Crippen molar-refractivity contribution in [3.8, 4) is 0 Å². The van der Waals surface area contributed by atoms with Crippen LogP contribution in [-0.2, 0) is 16.1 Å². The van der Waals surface area contributed by atoms with Crippen molar-refractivity contribution in [2.45, 2.75) is 13.5 Å². The number of amides is 4. The first-order chi connectivity index (χ1) is 18.4. The van der Waals surface area contributed by atoms with Gasteiger partial charge in [-0.05, 0) is 53.1 Å². The van der Waals surface area contributed by atoms with E-state index < -0.39 is 17.8 Å². The lowest BCUT2D eigenvalue weighted by Crippen LogP contribution is -2.54. The average Bonchev–Trinajstić information content (AvgIpc) is 3.26. The van der Waals surface area contributed by atoms with Gasteiger partial charge in [0, 0.05) is 34.2 Å². The number of barbiturate groups is 1. The average molecular weight is 520 g/mol. The van der Waals surface area contributed by atoms with Crippen LogP contribution in [-0.4, -0.2) is 22.4 Å². The number of nitrogens with one attached hydrogen (secondary N) is 1. The van der Waals surface area contributed by atoms with Gasteiger partial charge in [0.2, 0.25) is 0 Å². The highest BCUT2D eigenvalue weighted by molar-refractivity contribution is 6.39. The normalized spacial score (nSPS) is 15.1. The Kier molecular flexibility index (Phi) is 5.81. The van der Waals surface area contributed by atoms with E-state index in [1.807, 2.05) is 55.6 Å². The highest BCUT2D eigenvalue weighted by Gasteiger charge is 2.37. The molecule has 1 saturated heterocycles. The van der Waals surface area contributed by atoms with Crippen LogP contribution >= 0.6 is 11.6 Å². The number of aromatic nitrogens is 1. The summed E-state index contributed by atoms with van der Waals surface area (Å²) in [6.07, 6.45) is 3.48. The number of hydrogen-bond acceptors (Lipinski definition) is 3. The molecule has 4 amide bonds. The Balaban J connectivity index is 1.43. The number of aryl methyl sites for hydroxylation is 1. The summed E-state index contributed by atoms with van der Waals surface area (Å²) in [7, 11) is 0. The lowest BCUT2D eigenvalue weighted by molar-refractivity contribution is -0.122. The first kappa shape index (κ1) is 23.7. The van der Waals surface area contributed by atoms with Crippen LogP contribution in [0.25, 0.3) is 27.8 Å². The number of anilines is 1. The van der Waals surface area contributed by atoms with Gasteiger partial charge in [-0.1, -0.05) is 78.3 Å². The number of carbonyl (C=O) groups excluding carboxylic acids is 3. The van der Waals surface area contributed by atoms with Crippen molar-refractivity contribution in [2.75, 3.05) is 4.90 Å². The van der Waals surface area contributed by atoms with Crippen molar-refractivity contribution in [1.82, 2.24) is 9.88 Å². The quantitative estimate of drug-likeness (QED) is 0.218. The summed E-state index contributed by atoms with van der Waals surface area (Å²) in [4.78, 5) is 39.8. The summed E-state index contributed by atoms with van der Waals surface area (Å²) in [5, 5.41) is 5.92. The molecule has 4 aromatic carbocycles. The molecule has 38 heavy (non-hydrogen) atoms. The van der Waals surface area contributed by atoms with Gasteiger partial charge in [-0.25, -0.2) is 9.69 Å². The third-order valence-electron chi connectivity index (χ3n) is 6.86. The highest BCUT2D eigenvalue weighted by Crippen LogP contribution is 2.30. The molecule has 6 nitrogen and oxygen atoms in total. The van der Waals surface area contributed by atoms with E-state index in [1.165, 1.54) is 11.5 Å². The number of para-hydroxylation sites is 1. The molecule has 0 spiro atoms. The molecule has 1 N–H and O–H groups in total. The fraction of sp³-hybridized carbons (Fsp3) is 0.0645. The summed E-state index contributed by atoms with van der Waals surface area (Å²) >= 11 is 6.24. The lowest BCUT2D eigenvalue weighted by atomic mass is 10.0. The van der Waals surface area contributed by atoms with Crippen molar-refractivity contribution in [1.29, 1.82) is 0 Å². The Bertz CT molecular complexity index is 1810. The van der Waals surface area contributed by atoms with Gasteiger partial charge in [0.1, 0.15) is 5.57 Å². The SMILES string of the molecule is Cc1ccc(N2C(=O)NC(=O)/C(=C\c3cn(Cc4cccc5ccccc45)c4ccccc34)C2=O)cc1Cl. The second-order valence-electron chi connectivity index (χ2n) is 9.26. The van der Waals surface area contributed by atoms with Crippen LogP contribution in [0, 0.1) is 6.92 Å². The maximum Gasteiger partial charge on any atom is 0.335 e. The largest absolute Gasteiger partial charge is 0.342 e. The molecule has 1 aromatic heterocycles. The molecule has 6 rings (SSSR count). The summed E-state index contributed by atoms with van der Waals surface area (Å²) in [6.45, 7) is 2.44. The van der Waals surface area contributed by atoms with E-state index in [-0.39, 0.29) is 5.57 Å². The van der Waals surface area contributed by atoms with Gasteiger partial charge in [-0.3, -0.25) is 14.9 Å². The monoisotopic (exact) mass is 519 g/mol. The van der Waals surface area contributed by atoms with Crippen LogP contribution in [0.5, 0.6) is 0 Å². The molecular weight excluding hydrogens is 498 g/mol. The minimum atomic E-state index is -0.810. The standard InChI is InChI=1S/C31H22ClN3O3/c1-19-13-14-23(16-27(19)32)35-30(37)26(29(36)33-31(35)38)15-22-18-34(28-12-5-4-11-25(22)28)17-21-9-6-8-20-7-2-3-10-24(20)21/h2-16,18H,17H2,1H3,(H,33,36,38)/b26-15+. The zero-order chi connectivity index (χ0) is 26.4. The van der Waals surface area contributed by atoms with E-state index in [2.05, 4.69) is 34.1 Å². The number of rotatable bonds is 4. The van der Waals surface area contributed by atoms with E-state index in [1.54, 1.807) is 18.2 Å². The molecule has 0 atom stereocenters. The zero-order valence-corrected chi connectivity index (χ0v) is 21.2. The molecule has 186 valence electrons. The van der Waals surface area contributed by atoms with Crippen molar-refractivity contribution >= 4 is 62.9 Å². The summed E-state index contributed by atoms with van der Waals surface area (Å²) in [6, 6.07) is 26.4. The smallest absolute Gasteiger partial charge is 0.335 e. The lowest BCUT2D eigenvalue weighted by Gasteiger charge is -2.26. The van der Waals surface area contributed by atoms with Crippen LogP contribution in [0.1, 0.15) is 16.7 Å². The molecule has 7 heteroatoms. The molecule has 0 radical (unpaired) electrons. The molecular formula is C31H22ClN3O3.